The highest BCUT2D eigenvalue weighted by molar-refractivity contribution is 6.24. The summed E-state index contributed by atoms with van der Waals surface area (Å²) < 4.78 is 12.9. The van der Waals surface area contributed by atoms with Gasteiger partial charge in [-0.25, -0.2) is 9.98 Å². The monoisotopic (exact) mass is 631 g/mol. The fraction of sp³-hybridized carbons (Fsp3) is 0.0227. The molecule has 0 fully saturated rings. The van der Waals surface area contributed by atoms with E-state index >= 15 is 0 Å². The first-order valence-electron chi connectivity index (χ1n) is 16.2. The number of hydrogen-bond acceptors (Lipinski definition) is 3. The second-order valence-corrected chi connectivity index (χ2v) is 12.0. The van der Waals surface area contributed by atoms with E-state index in [1.54, 1.807) is 0 Å². The Morgan fingerprint density at radius 3 is 2.10 bits per heavy atom. The molecule has 0 aliphatic rings. The molecule has 0 radical (unpaired) electrons. The number of para-hydroxylation sites is 2. The molecule has 7 aromatic carbocycles. The third-order valence-corrected chi connectivity index (χ3v) is 9.08. The van der Waals surface area contributed by atoms with Crippen LogP contribution in [0.25, 0.3) is 65.8 Å². The van der Waals surface area contributed by atoms with Gasteiger partial charge in [-0.1, -0.05) is 127 Å². The molecule has 0 spiro atoms. The largest absolute Gasteiger partial charge is 0.456 e. The zero-order valence-corrected chi connectivity index (χ0v) is 26.5. The van der Waals surface area contributed by atoms with Crippen molar-refractivity contribution in [3.63, 3.8) is 0 Å². The Hall–Kier alpha value is -6.59. The number of furan rings is 2. The minimum Gasteiger partial charge on any atom is -0.456 e. The Kier molecular flexibility index (Phi) is 6.95. The van der Waals surface area contributed by atoms with Gasteiger partial charge in [0, 0.05) is 38.2 Å². The van der Waals surface area contributed by atoms with E-state index in [1.807, 2.05) is 78.9 Å². The molecule has 232 valence electrons. The van der Waals surface area contributed by atoms with E-state index in [2.05, 4.69) is 84.5 Å². The Balaban J connectivity index is 1.20. The van der Waals surface area contributed by atoms with Gasteiger partial charge < -0.3 is 8.83 Å². The molecular formula is C44H29N3O2. The molecule has 0 amide bonds. The highest BCUT2D eigenvalue weighted by Gasteiger charge is 2.20. The summed E-state index contributed by atoms with van der Waals surface area (Å²) in [6.07, 6.45) is 0. The van der Waals surface area contributed by atoms with Crippen molar-refractivity contribution in [1.29, 1.82) is 0 Å². The van der Waals surface area contributed by atoms with E-state index in [9.17, 15) is 0 Å². The van der Waals surface area contributed by atoms with Gasteiger partial charge in [-0.2, -0.15) is 0 Å². The summed E-state index contributed by atoms with van der Waals surface area (Å²) in [6, 6.07) is 51.4. The number of nitrogens with zero attached hydrogens (tertiary/aromatic N) is 3. The maximum atomic E-state index is 6.66. The minimum atomic E-state index is 0.472. The van der Waals surface area contributed by atoms with Crippen molar-refractivity contribution in [3.05, 3.63) is 168 Å². The van der Waals surface area contributed by atoms with Crippen LogP contribution in [-0.2, 0) is 6.54 Å². The molecule has 5 nitrogen and oxygen atoms in total. The average molecular weight is 632 g/mol. The zero-order chi connectivity index (χ0) is 32.7. The first-order valence-corrected chi connectivity index (χ1v) is 16.2. The molecule has 0 saturated carbocycles. The smallest absolute Gasteiger partial charge is 0.161 e. The normalized spacial score (nSPS) is 12.5. The Labute approximate surface area is 282 Å². The molecule has 9 rings (SSSR count). The van der Waals surface area contributed by atoms with Crippen molar-refractivity contribution in [2.45, 2.75) is 6.54 Å². The van der Waals surface area contributed by atoms with Crippen LogP contribution in [-0.4, -0.2) is 18.4 Å². The zero-order valence-electron chi connectivity index (χ0n) is 26.5. The maximum absolute atomic E-state index is 6.66. The molecule has 9 aromatic rings. The van der Waals surface area contributed by atoms with Crippen LogP contribution in [0.4, 0.5) is 0 Å². The highest BCUT2D eigenvalue weighted by Crippen LogP contribution is 2.42. The SMILES string of the molecule is C=N/C(=N\C(=N/Cc1ccc2ccccc2c1)c1ccccc1)c1cccc2oc3c(-c4cccc5oc6ccccc6c45)cccc3c12. The summed E-state index contributed by atoms with van der Waals surface area (Å²) in [4.78, 5) is 14.6. The van der Waals surface area contributed by atoms with Gasteiger partial charge in [0.05, 0.1) is 6.54 Å². The van der Waals surface area contributed by atoms with Crippen molar-refractivity contribution in [3.8, 4) is 11.1 Å². The minimum absolute atomic E-state index is 0.472. The van der Waals surface area contributed by atoms with Crippen LogP contribution in [0.15, 0.2) is 175 Å². The third-order valence-electron chi connectivity index (χ3n) is 9.08. The summed E-state index contributed by atoms with van der Waals surface area (Å²) in [5.41, 5.74) is 8.11. The van der Waals surface area contributed by atoms with E-state index in [1.165, 1.54) is 10.8 Å². The fourth-order valence-electron chi connectivity index (χ4n) is 6.81. The van der Waals surface area contributed by atoms with E-state index in [-0.39, 0.29) is 0 Å². The van der Waals surface area contributed by atoms with Crippen molar-refractivity contribution in [1.82, 2.24) is 0 Å². The summed E-state index contributed by atoms with van der Waals surface area (Å²) in [5, 5.41) is 6.42. The number of fused-ring (bicyclic) bond motifs is 7. The molecule has 0 bridgehead atoms. The lowest BCUT2D eigenvalue weighted by Crippen LogP contribution is -2.06. The van der Waals surface area contributed by atoms with Crippen LogP contribution in [0.2, 0.25) is 0 Å². The lowest BCUT2D eigenvalue weighted by Gasteiger charge is -2.08. The van der Waals surface area contributed by atoms with Gasteiger partial charge in [0.25, 0.3) is 0 Å². The lowest BCUT2D eigenvalue weighted by atomic mass is 9.97. The summed E-state index contributed by atoms with van der Waals surface area (Å²) in [5.74, 6) is 1.06. The summed E-state index contributed by atoms with van der Waals surface area (Å²) in [6.45, 7) is 4.42. The highest BCUT2D eigenvalue weighted by atomic mass is 16.3. The number of aliphatic imine (C=N–C) groups is 3. The predicted molar refractivity (Wildman–Crippen MR) is 203 cm³/mol. The van der Waals surface area contributed by atoms with Gasteiger partial charge in [-0.3, -0.25) is 4.99 Å². The van der Waals surface area contributed by atoms with Crippen LogP contribution < -0.4 is 0 Å². The van der Waals surface area contributed by atoms with Gasteiger partial charge in [-0.15, -0.1) is 0 Å². The molecule has 0 unspecified atom stereocenters. The molecule has 2 heterocycles. The molecule has 0 aliphatic carbocycles. The van der Waals surface area contributed by atoms with Crippen LogP contribution in [0.5, 0.6) is 0 Å². The number of rotatable bonds is 5. The quantitative estimate of drug-likeness (QED) is 0.140. The lowest BCUT2D eigenvalue weighted by molar-refractivity contribution is 0.668. The molecule has 0 aliphatic heterocycles. The van der Waals surface area contributed by atoms with Crippen LogP contribution in [0.3, 0.4) is 0 Å². The summed E-state index contributed by atoms with van der Waals surface area (Å²) >= 11 is 0. The van der Waals surface area contributed by atoms with Crippen LogP contribution >= 0.6 is 0 Å². The molecule has 0 atom stereocenters. The molecule has 2 aromatic heterocycles. The van der Waals surface area contributed by atoms with Crippen molar-refractivity contribution in [2.75, 3.05) is 0 Å². The number of amidine groups is 2. The van der Waals surface area contributed by atoms with Crippen molar-refractivity contribution in [2.24, 2.45) is 15.0 Å². The molecule has 0 saturated heterocycles. The van der Waals surface area contributed by atoms with Crippen molar-refractivity contribution >= 4 is 73.0 Å². The number of hydrogen-bond donors (Lipinski definition) is 0. The first kappa shape index (κ1) is 28.6. The second kappa shape index (κ2) is 11.9. The number of benzene rings is 7. The van der Waals surface area contributed by atoms with Crippen LogP contribution in [0.1, 0.15) is 16.7 Å². The van der Waals surface area contributed by atoms with E-state index < -0.39 is 0 Å². The molecule has 5 heteroatoms. The molecule has 49 heavy (non-hydrogen) atoms. The van der Waals surface area contributed by atoms with E-state index in [0.29, 0.717) is 18.2 Å². The van der Waals surface area contributed by atoms with E-state index in [4.69, 9.17) is 18.8 Å². The van der Waals surface area contributed by atoms with Gasteiger partial charge in [0.1, 0.15) is 22.3 Å². The Morgan fingerprint density at radius 1 is 0.531 bits per heavy atom. The van der Waals surface area contributed by atoms with Gasteiger partial charge >= 0.3 is 0 Å². The van der Waals surface area contributed by atoms with Crippen molar-refractivity contribution < 1.29 is 8.83 Å². The third kappa shape index (κ3) is 5.00. The second-order valence-electron chi connectivity index (χ2n) is 12.0. The van der Waals surface area contributed by atoms with E-state index in [0.717, 1.165) is 71.7 Å². The Bertz CT molecular complexity index is 2770. The standard InChI is InChI=1S/C44H29N3O2/c1-45-44(47-43(30-13-3-2-4-14-30)46-27-28-24-25-29-12-5-6-15-31(29)26-28)36-20-11-23-39-41(36)35-19-9-18-33(42(35)49-39)32-17-10-22-38-40(32)34-16-7-8-21-37(34)48-38/h2-26H,1,27H2/b46-43-,47-44-. The maximum Gasteiger partial charge on any atom is 0.161 e. The molecule has 0 N–H and O–H groups in total. The predicted octanol–water partition coefficient (Wildman–Crippen LogP) is 11.4. The van der Waals surface area contributed by atoms with Crippen LogP contribution in [0, 0.1) is 0 Å². The average Bonchev–Trinajstić information content (AvgIpc) is 3.74. The van der Waals surface area contributed by atoms with Gasteiger partial charge in [0.15, 0.2) is 11.7 Å². The summed E-state index contributed by atoms with van der Waals surface area (Å²) in [7, 11) is 0. The van der Waals surface area contributed by atoms with Gasteiger partial charge in [-0.05, 0) is 52.9 Å². The molecular weight excluding hydrogens is 603 g/mol. The fourth-order valence-corrected chi connectivity index (χ4v) is 6.81. The first-order chi connectivity index (χ1) is 24.2. The van der Waals surface area contributed by atoms with Gasteiger partial charge in [0.2, 0.25) is 0 Å². The topological polar surface area (TPSA) is 63.4 Å². The Morgan fingerprint density at radius 2 is 1.22 bits per heavy atom.